The largest absolute Gasteiger partial charge is 0.496 e. The summed E-state index contributed by atoms with van der Waals surface area (Å²) in [4.78, 5) is 29.4. The average Bonchev–Trinajstić information content (AvgIpc) is 3.39. The number of nitriles is 1. The molecule has 0 aliphatic carbocycles. The van der Waals surface area contributed by atoms with Crippen molar-refractivity contribution in [1.82, 2.24) is 10.4 Å². The molecule has 0 unspecified atom stereocenters. The zero-order valence-corrected chi connectivity index (χ0v) is 23.8. The standard InChI is InChI=1S/C31H20BrClN4O4/c1-40-26-13-11-22(33)15-24(26)31(39)41-25-12-10-21(32)14-20(25)17-35-37-30(38)29-27(18-6-3-2-4-7-18)23-9-5-8-19(16-34)28(23)36-29/h2-15,17,36H,1H3,(H,37,38). The van der Waals surface area contributed by atoms with Crippen molar-refractivity contribution in [3.05, 3.63) is 117 Å². The molecule has 5 rings (SSSR count). The van der Waals surface area contributed by atoms with Crippen molar-refractivity contribution in [2.24, 2.45) is 5.10 Å². The molecule has 0 atom stereocenters. The van der Waals surface area contributed by atoms with Crippen LogP contribution >= 0.6 is 27.5 Å². The van der Waals surface area contributed by atoms with Crippen molar-refractivity contribution < 1.29 is 19.1 Å². The number of aromatic nitrogens is 1. The van der Waals surface area contributed by atoms with Crippen LogP contribution in [0.2, 0.25) is 5.02 Å². The molecule has 1 amide bonds. The van der Waals surface area contributed by atoms with Crippen LogP contribution in [0.3, 0.4) is 0 Å². The Labute approximate surface area is 248 Å². The molecular formula is C31H20BrClN4O4. The molecular weight excluding hydrogens is 608 g/mol. The van der Waals surface area contributed by atoms with E-state index in [1.807, 2.05) is 36.4 Å². The van der Waals surface area contributed by atoms with Gasteiger partial charge in [0.15, 0.2) is 0 Å². The summed E-state index contributed by atoms with van der Waals surface area (Å²) in [5.74, 6) is -0.680. The maximum atomic E-state index is 13.4. The number of carbonyl (C=O) groups is 2. The van der Waals surface area contributed by atoms with Crippen molar-refractivity contribution in [3.63, 3.8) is 0 Å². The van der Waals surface area contributed by atoms with Crippen LogP contribution < -0.4 is 14.9 Å². The maximum Gasteiger partial charge on any atom is 0.347 e. The van der Waals surface area contributed by atoms with Crippen molar-refractivity contribution in [2.75, 3.05) is 7.11 Å². The quantitative estimate of drug-likeness (QED) is 0.0863. The number of rotatable bonds is 7. The number of para-hydroxylation sites is 1. The number of halogens is 2. The van der Waals surface area contributed by atoms with Crippen LogP contribution in [-0.4, -0.2) is 30.2 Å². The third-order valence-corrected chi connectivity index (χ3v) is 6.90. The molecule has 5 aromatic rings. The molecule has 0 fully saturated rings. The average molecular weight is 628 g/mol. The summed E-state index contributed by atoms with van der Waals surface area (Å²) in [6.07, 6.45) is 1.37. The summed E-state index contributed by atoms with van der Waals surface area (Å²) in [5, 5.41) is 14.8. The van der Waals surface area contributed by atoms with Crippen LogP contribution in [0.15, 0.2) is 94.5 Å². The van der Waals surface area contributed by atoms with E-state index in [9.17, 15) is 14.9 Å². The van der Waals surface area contributed by atoms with Gasteiger partial charge in [0.1, 0.15) is 28.8 Å². The van der Waals surface area contributed by atoms with Gasteiger partial charge in [-0.15, -0.1) is 0 Å². The van der Waals surface area contributed by atoms with E-state index in [2.05, 4.69) is 37.5 Å². The second kappa shape index (κ2) is 12.1. The highest BCUT2D eigenvalue weighted by molar-refractivity contribution is 9.10. The zero-order chi connectivity index (χ0) is 28.9. The Morgan fingerprint density at radius 2 is 1.80 bits per heavy atom. The monoisotopic (exact) mass is 626 g/mol. The first-order chi connectivity index (χ1) is 19.9. The lowest BCUT2D eigenvalue weighted by Crippen LogP contribution is -2.19. The van der Waals surface area contributed by atoms with E-state index < -0.39 is 11.9 Å². The fraction of sp³-hybridized carbons (Fsp3) is 0.0323. The van der Waals surface area contributed by atoms with Crippen LogP contribution in [0, 0.1) is 11.3 Å². The van der Waals surface area contributed by atoms with Crippen molar-refractivity contribution in [2.45, 2.75) is 0 Å². The molecule has 2 N–H and O–H groups in total. The van der Waals surface area contributed by atoms with Crippen molar-refractivity contribution >= 4 is 56.5 Å². The number of fused-ring (bicyclic) bond motifs is 1. The number of hydrogen-bond acceptors (Lipinski definition) is 6. The maximum absolute atomic E-state index is 13.4. The van der Waals surface area contributed by atoms with Gasteiger partial charge in [-0.3, -0.25) is 4.79 Å². The van der Waals surface area contributed by atoms with Crippen LogP contribution in [-0.2, 0) is 0 Å². The molecule has 0 aliphatic rings. The van der Waals surface area contributed by atoms with Gasteiger partial charge in [-0.1, -0.05) is 70.0 Å². The van der Waals surface area contributed by atoms with Gasteiger partial charge in [0.2, 0.25) is 0 Å². The summed E-state index contributed by atoms with van der Waals surface area (Å²) in [5.41, 5.74) is 5.79. The van der Waals surface area contributed by atoms with Gasteiger partial charge in [0, 0.05) is 26.0 Å². The Kier molecular flexibility index (Phi) is 8.15. The number of esters is 1. The van der Waals surface area contributed by atoms with Crippen molar-refractivity contribution in [3.8, 4) is 28.7 Å². The minimum Gasteiger partial charge on any atom is -0.496 e. The highest BCUT2D eigenvalue weighted by atomic mass is 79.9. The first kappa shape index (κ1) is 27.6. The Hall–Kier alpha value is -4.91. The Balaban J connectivity index is 1.44. The molecule has 0 aliphatic heterocycles. The Bertz CT molecular complexity index is 1860. The fourth-order valence-electron chi connectivity index (χ4n) is 4.31. The number of amides is 1. The first-order valence-corrected chi connectivity index (χ1v) is 13.4. The topological polar surface area (TPSA) is 117 Å². The lowest BCUT2D eigenvalue weighted by molar-refractivity contribution is 0.0730. The number of nitrogens with one attached hydrogen (secondary N) is 2. The summed E-state index contributed by atoms with van der Waals surface area (Å²) >= 11 is 9.47. The number of carbonyl (C=O) groups excluding carboxylic acids is 2. The van der Waals surface area contributed by atoms with E-state index in [1.54, 1.807) is 42.5 Å². The zero-order valence-electron chi connectivity index (χ0n) is 21.4. The minimum absolute atomic E-state index is 0.156. The summed E-state index contributed by atoms with van der Waals surface area (Å²) in [6.45, 7) is 0. The van der Waals surface area contributed by atoms with E-state index in [4.69, 9.17) is 21.1 Å². The molecule has 10 heteroatoms. The van der Waals surface area contributed by atoms with Gasteiger partial charge in [-0.2, -0.15) is 10.4 Å². The highest BCUT2D eigenvalue weighted by Gasteiger charge is 2.21. The number of hydrogen-bond donors (Lipinski definition) is 2. The van der Waals surface area contributed by atoms with Gasteiger partial charge in [-0.05, 0) is 48.0 Å². The van der Waals surface area contributed by atoms with Gasteiger partial charge < -0.3 is 14.5 Å². The fourth-order valence-corrected chi connectivity index (χ4v) is 4.86. The number of hydrazone groups is 1. The highest BCUT2D eigenvalue weighted by Crippen LogP contribution is 2.34. The van der Waals surface area contributed by atoms with Crippen LogP contribution in [0.5, 0.6) is 11.5 Å². The molecule has 0 saturated carbocycles. The summed E-state index contributed by atoms with van der Waals surface area (Å²) in [6, 6.07) is 26.5. The molecule has 0 spiro atoms. The molecule has 8 nitrogen and oxygen atoms in total. The number of nitrogens with zero attached hydrogens (tertiary/aromatic N) is 2. The second-order valence-electron chi connectivity index (χ2n) is 8.70. The molecule has 4 aromatic carbocycles. The van der Waals surface area contributed by atoms with Gasteiger partial charge in [-0.25, -0.2) is 10.2 Å². The first-order valence-electron chi connectivity index (χ1n) is 12.2. The molecule has 0 saturated heterocycles. The lowest BCUT2D eigenvalue weighted by atomic mass is 10.0. The van der Waals surface area contributed by atoms with Crippen LogP contribution in [0.25, 0.3) is 22.0 Å². The normalized spacial score (nSPS) is 10.9. The van der Waals surface area contributed by atoms with Crippen LogP contribution in [0.1, 0.15) is 32.0 Å². The van der Waals surface area contributed by atoms with E-state index in [1.165, 1.54) is 19.4 Å². The Morgan fingerprint density at radius 3 is 2.56 bits per heavy atom. The van der Waals surface area contributed by atoms with Gasteiger partial charge in [0.25, 0.3) is 5.91 Å². The molecule has 1 heterocycles. The lowest BCUT2D eigenvalue weighted by Gasteiger charge is -2.11. The third kappa shape index (κ3) is 5.84. The molecule has 1 aromatic heterocycles. The van der Waals surface area contributed by atoms with Gasteiger partial charge >= 0.3 is 5.97 Å². The van der Waals surface area contributed by atoms with Gasteiger partial charge in [0.05, 0.1) is 24.4 Å². The summed E-state index contributed by atoms with van der Waals surface area (Å²) < 4.78 is 11.6. The molecule has 0 bridgehead atoms. The van der Waals surface area contributed by atoms with Crippen molar-refractivity contribution in [1.29, 1.82) is 5.26 Å². The number of aromatic amines is 1. The number of methoxy groups -OCH3 is 1. The second-order valence-corrected chi connectivity index (χ2v) is 10.0. The molecule has 41 heavy (non-hydrogen) atoms. The number of H-pyrrole nitrogens is 1. The third-order valence-electron chi connectivity index (χ3n) is 6.17. The SMILES string of the molecule is COc1ccc(Cl)cc1C(=O)Oc1ccc(Br)cc1C=NNC(=O)c1[nH]c2c(C#N)cccc2c1-c1ccccc1. The minimum atomic E-state index is -0.677. The molecule has 0 radical (unpaired) electrons. The summed E-state index contributed by atoms with van der Waals surface area (Å²) in [7, 11) is 1.44. The van der Waals surface area contributed by atoms with Crippen LogP contribution in [0.4, 0.5) is 0 Å². The smallest absolute Gasteiger partial charge is 0.347 e. The Morgan fingerprint density at radius 1 is 1.02 bits per heavy atom. The number of ether oxygens (including phenoxy) is 2. The predicted molar refractivity (Wildman–Crippen MR) is 161 cm³/mol. The van der Waals surface area contributed by atoms with E-state index in [0.29, 0.717) is 37.5 Å². The number of benzene rings is 4. The predicted octanol–water partition coefficient (Wildman–Crippen LogP) is 7.11. The molecule has 202 valence electrons. The van der Waals surface area contributed by atoms with E-state index in [-0.39, 0.29) is 17.0 Å². The van der Waals surface area contributed by atoms with E-state index >= 15 is 0 Å². The van der Waals surface area contributed by atoms with E-state index in [0.717, 1.165) is 10.9 Å².